The van der Waals surface area contributed by atoms with Crippen LogP contribution in [-0.2, 0) is 6.54 Å². The Morgan fingerprint density at radius 3 is 2.73 bits per heavy atom. The van der Waals surface area contributed by atoms with Gasteiger partial charge in [0, 0.05) is 17.1 Å². The summed E-state index contributed by atoms with van der Waals surface area (Å²) < 4.78 is 1.12. The molecule has 2 nitrogen and oxygen atoms in total. The first kappa shape index (κ1) is 11.1. The Morgan fingerprint density at radius 2 is 2.07 bits per heavy atom. The zero-order valence-electron chi connectivity index (χ0n) is 8.69. The molecular formula is C12H16BrNO. The van der Waals surface area contributed by atoms with Crippen LogP contribution in [0.3, 0.4) is 0 Å². The summed E-state index contributed by atoms with van der Waals surface area (Å²) in [7, 11) is 0. The van der Waals surface area contributed by atoms with E-state index in [0.717, 1.165) is 24.0 Å². The Balaban J connectivity index is 1.99. The van der Waals surface area contributed by atoms with Gasteiger partial charge in [-0.25, -0.2) is 0 Å². The fourth-order valence-corrected chi connectivity index (χ4v) is 2.40. The minimum Gasteiger partial charge on any atom is -0.395 e. The van der Waals surface area contributed by atoms with Crippen LogP contribution in [0.2, 0.25) is 0 Å². The Morgan fingerprint density at radius 1 is 1.33 bits per heavy atom. The van der Waals surface area contributed by atoms with E-state index in [1.807, 2.05) is 0 Å². The van der Waals surface area contributed by atoms with Crippen molar-refractivity contribution in [1.29, 1.82) is 0 Å². The van der Waals surface area contributed by atoms with Crippen molar-refractivity contribution in [3.8, 4) is 0 Å². The van der Waals surface area contributed by atoms with Gasteiger partial charge in [0.25, 0.3) is 0 Å². The van der Waals surface area contributed by atoms with Gasteiger partial charge in [0.05, 0.1) is 6.61 Å². The highest BCUT2D eigenvalue weighted by Crippen LogP contribution is 2.20. The molecule has 1 aromatic rings. The third-order valence-electron chi connectivity index (χ3n) is 3.01. The van der Waals surface area contributed by atoms with Crippen LogP contribution in [0, 0.1) is 0 Å². The van der Waals surface area contributed by atoms with Crippen molar-refractivity contribution in [3.63, 3.8) is 0 Å². The molecule has 0 bridgehead atoms. The number of nitrogens with zero attached hydrogens (tertiary/aromatic N) is 1. The molecule has 1 saturated heterocycles. The van der Waals surface area contributed by atoms with Gasteiger partial charge >= 0.3 is 0 Å². The molecule has 1 aromatic carbocycles. The minimum absolute atomic E-state index is 0.288. The molecule has 1 heterocycles. The molecule has 0 amide bonds. The Bertz CT molecular complexity index is 312. The third-order valence-corrected chi connectivity index (χ3v) is 3.54. The van der Waals surface area contributed by atoms with E-state index in [1.165, 1.54) is 12.0 Å². The Hall–Kier alpha value is -0.380. The van der Waals surface area contributed by atoms with Crippen molar-refractivity contribution in [1.82, 2.24) is 4.90 Å². The standard InChI is InChI=1S/C12H16BrNO/c13-11-5-3-10(4-6-11)8-14-7-1-2-12(14)9-15/h3-6,12,15H,1-2,7-9H2/t12-/m0/s1. The number of hydrogen-bond donors (Lipinski definition) is 1. The van der Waals surface area contributed by atoms with Crippen LogP contribution in [0.25, 0.3) is 0 Å². The van der Waals surface area contributed by atoms with Crippen LogP contribution < -0.4 is 0 Å². The molecule has 15 heavy (non-hydrogen) atoms. The molecule has 1 fully saturated rings. The molecule has 1 N–H and O–H groups in total. The van der Waals surface area contributed by atoms with Crippen molar-refractivity contribution < 1.29 is 5.11 Å². The first-order valence-electron chi connectivity index (χ1n) is 5.39. The van der Waals surface area contributed by atoms with Crippen molar-refractivity contribution in [2.45, 2.75) is 25.4 Å². The maximum atomic E-state index is 9.21. The second-order valence-corrected chi connectivity index (χ2v) is 4.99. The van der Waals surface area contributed by atoms with Crippen molar-refractivity contribution in [2.24, 2.45) is 0 Å². The second kappa shape index (κ2) is 5.10. The lowest BCUT2D eigenvalue weighted by Crippen LogP contribution is -2.31. The lowest BCUT2D eigenvalue weighted by atomic mass is 10.2. The number of likely N-dealkylation sites (tertiary alicyclic amines) is 1. The largest absolute Gasteiger partial charge is 0.395 e. The number of aliphatic hydroxyl groups excluding tert-OH is 1. The Kier molecular flexibility index (Phi) is 3.78. The highest BCUT2D eigenvalue weighted by Gasteiger charge is 2.23. The van der Waals surface area contributed by atoms with Crippen molar-refractivity contribution >= 4 is 15.9 Å². The maximum Gasteiger partial charge on any atom is 0.0587 e. The maximum absolute atomic E-state index is 9.21. The molecule has 0 spiro atoms. The molecule has 82 valence electrons. The van der Waals surface area contributed by atoms with Crippen LogP contribution in [0.5, 0.6) is 0 Å². The van der Waals surface area contributed by atoms with E-state index < -0.39 is 0 Å². The first-order chi connectivity index (χ1) is 7.29. The summed E-state index contributed by atoms with van der Waals surface area (Å²) in [5.74, 6) is 0. The lowest BCUT2D eigenvalue weighted by Gasteiger charge is -2.22. The third kappa shape index (κ3) is 2.80. The summed E-state index contributed by atoms with van der Waals surface area (Å²) in [5, 5.41) is 9.21. The van der Waals surface area contributed by atoms with E-state index in [1.54, 1.807) is 0 Å². The number of hydrogen-bond acceptors (Lipinski definition) is 2. The van der Waals surface area contributed by atoms with Gasteiger partial charge in [0.2, 0.25) is 0 Å². The van der Waals surface area contributed by atoms with Crippen LogP contribution in [0.15, 0.2) is 28.7 Å². The van der Waals surface area contributed by atoms with E-state index in [9.17, 15) is 5.11 Å². The first-order valence-corrected chi connectivity index (χ1v) is 6.18. The van der Waals surface area contributed by atoms with Crippen LogP contribution in [-0.4, -0.2) is 29.2 Å². The molecule has 0 radical (unpaired) electrons. The molecular weight excluding hydrogens is 254 g/mol. The Labute approximate surface area is 99.0 Å². The molecule has 1 aliphatic heterocycles. The predicted molar refractivity (Wildman–Crippen MR) is 64.7 cm³/mol. The van der Waals surface area contributed by atoms with Gasteiger partial charge in [-0.3, -0.25) is 4.90 Å². The van der Waals surface area contributed by atoms with Crippen LogP contribution >= 0.6 is 15.9 Å². The monoisotopic (exact) mass is 269 g/mol. The van der Waals surface area contributed by atoms with E-state index in [4.69, 9.17) is 0 Å². The smallest absolute Gasteiger partial charge is 0.0587 e. The molecule has 0 aliphatic carbocycles. The van der Waals surface area contributed by atoms with Gasteiger partial charge in [-0.1, -0.05) is 28.1 Å². The number of aliphatic hydroxyl groups is 1. The summed E-state index contributed by atoms with van der Waals surface area (Å²) in [4.78, 5) is 2.36. The van der Waals surface area contributed by atoms with Crippen molar-refractivity contribution in [2.75, 3.05) is 13.2 Å². The summed E-state index contributed by atoms with van der Waals surface area (Å²) in [6.45, 7) is 2.36. The average Bonchev–Trinajstić information content (AvgIpc) is 2.69. The zero-order chi connectivity index (χ0) is 10.7. The highest BCUT2D eigenvalue weighted by molar-refractivity contribution is 9.10. The van der Waals surface area contributed by atoms with Gasteiger partial charge in [-0.2, -0.15) is 0 Å². The quantitative estimate of drug-likeness (QED) is 0.911. The zero-order valence-corrected chi connectivity index (χ0v) is 10.3. The summed E-state index contributed by atoms with van der Waals surface area (Å²) >= 11 is 3.43. The fraction of sp³-hybridized carbons (Fsp3) is 0.500. The summed E-state index contributed by atoms with van der Waals surface area (Å²) in [6.07, 6.45) is 2.34. The van der Waals surface area contributed by atoms with Gasteiger partial charge in [-0.15, -0.1) is 0 Å². The molecule has 1 atom stereocenters. The van der Waals surface area contributed by atoms with Crippen molar-refractivity contribution in [3.05, 3.63) is 34.3 Å². The average molecular weight is 270 g/mol. The SMILES string of the molecule is OC[C@@H]1CCCN1Cc1ccc(Br)cc1. The molecule has 0 unspecified atom stereocenters. The number of benzene rings is 1. The number of rotatable bonds is 3. The molecule has 1 aliphatic rings. The highest BCUT2D eigenvalue weighted by atomic mass is 79.9. The van der Waals surface area contributed by atoms with E-state index in [0.29, 0.717) is 6.04 Å². The molecule has 2 rings (SSSR count). The van der Waals surface area contributed by atoms with Gasteiger partial charge < -0.3 is 5.11 Å². The minimum atomic E-state index is 0.288. The van der Waals surface area contributed by atoms with Gasteiger partial charge in [0.15, 0.2) is 0 Å². The van der Waals surface area contributed by atoms with Crippen LogP contribution in [0.1, 0.15) is 18.4 Å². The predicted octanol–water partition coefficient (Wildman–Crippen LogP) is 2.41. The summed E-state index contributed by atoms with van der Waals surface area (Å²) in [6, 6.07) is 8.78. The van der Waals surface area contributed by atoms with Gasteiger partial charge in [0.1, 0.15) is 0 Å². The molecule has 0 aromatic heterocycles. The van der Waals surface area contributed by atoms with E-state index in [-0.39, 0.29) is 6.61 Å². The second-order valence-electron chi connectivity index (χ2n) is 4.08. The topological polar surface area (TPSA) is 23.5 Å². The van der Waals surface area contributed by atoms with Crippen LogP contribution in [0.4, 0.5) is 0 Å². The normalized spacial score (nSPS) is 22.1. The fourth-order valence-electron chi connectivity index (χ4n) is 2.13. The molecule has 3 heteroatoms. The van der Waals surface area contributed by atoms with E-state index >= 15 is 0 Å². The lowest BCUT2D eigenvalue weighted by molar-refractivity contribution is 0.153. The number of halogens is 1. The van der Waals surface area contributed by atoms with E-state index in [2.05, 4.69) is 45.1 Å². The molecule has 0 saturated carbocycles. The van der Waals surface area contributed by atoms with Gasteiger partial charge in [-0.05, 0) is 37.1 Å². The summed E-state index contributed by atoms with van der Waals surface area (Å²) in [5.41, 5.74) is 1.32.